The molecule has 3 aromatic carbocycles. The number of para-hydroxylation sites is 3. The Balaban J connectivity index is 1.75. The van der Waals surface area contributed by atoms with Gasteiger partial charge in [0.15, 0.2) is 0 Å². The molecule has 0 saturated heterocycles. The molecule has 160 valence electrons. The van der Waals surface area contributed by atoms with Crippen LogP contribution in [-0.2, 0) is 0 Å². The lowest BCUT2D eigenvalue weighted by molar-refractivity contribution is 0.363. The minimum atomic E-state index is 0.433. The molecule has 5 aromatic rings. The van der Waals surface area contributed by atoms with Crippen LogP contribution < -0.4 is 11.5 Å². The SMILES string of the molecule is Nc1c(-c2c(N)c3ccccc3n2C2CCCCC2)n(-c2ccccc2)c2ccccc12. The third-order valence-electron chi connectivity index (χ3n) is 7.04. The fourth-order valence-corrected chi connectivity index (χ4v) is 5.59. The van der Waals surface area contributed by atoms with E-state index >= 15 is 0 Å². The molecule has 0 aliphatic heterocycles. The summed E-state index contributed by atoms with van der Waals surface area (Å²) < 4.78 is 4.78. The maximum Gasteiger partial charge on any atom is 0.0960 e. The molecule has 0 atom stereocenters. The van der Waals surface area contributed by atoms with Gasteiger partial charge in [0.05, 0.1) is 33.8 Å². The van der Waals surface area contributed by atoms with Crippen molar-refractivity contribution in [2.45, 2.75) is 38.1 Å². The highest BCUT2D eigenvalue weighted by atomic mass is 15.1. The minimum Gasteiger partial charge on any atom is -0.396 e. The molecule has 1 saturated carbocycles. The molecule has 0 radical (unpaired) electrons. The van der Waals surface area contributed by atoms with Gasteiger partial charge in [0.25, 0.3) is 0 Å². The van der Waals surface area contributed by atoms with Gasteiger partial charge in [0.1, 0.15) is 0 Å². The summed E-state index contributed by atoms with van der Waals surface area (Å²) in [6, 6.07) is 27.8. The van der Waals surface area contributed by atoms with Gasteiger partial charge in [0, 0.05) is 22.5 Å². The molecule has 0 bridgehead atoms. The van der Waals surface area contributed by atoms with E-state index in [9.17, 15) is 0 Å². The van der Waals surface area contributed by atoms with Crippen LogP contribution in [0.15, 0.2) is 78.9 Å². The number of anilines is 2. The Morgan fingerprint density at radius 2 is 1.16 bits per heavy atom. The van der Waals surface area contributed by atoms with Gasteiger partial charge in [-0.1, -0.05) is 73.9 Å². The second kappa shape index (κ2) is 7.49. The van der Waals surface area contributed by atoms with Crippen molar-refractivity contribution >= 4 is 33.2 Å². The van der Waals surface area contributed by atoms with Gasteiger partial charge in [-0.15, -0.1) is 0 Å². The van der Waals surface area contributed by atoms with Gasteiger partial charge < -0.3 is 20.6 Å². The van der Waals surface area contributed by atoms with Crippen LogP contribution in [-0.4, -0.2) is 9.13 Å². The molecular weight excluding hydrogens is 392 g/mol. The van der Waals surface area contributed by atoms with E-state index < -0.39 is 0 Å². The topological polar surface area (TPSA) is 61.9 Å². The molecule has 4 N–H and O–H groups in total. The summed E-state index contributed by atoms with van der Waals surface area (Å²) in [5.74, 6) is 0. The number of nitrogen functional groups attached to an aromatic ring is 2. The third-order valence-corrected chi connectivity index (χ3v) is 7.04. The first-order chi connectivity index (χ1) is 15.8. The van der Waals surface area contributed by atoms with Crippen LogP contribution in [0.1, 0.15) is 38.1 Å². The number of hydrogen-bond acceptors (Lipinski definition) is 2. The Labute approximate surface area is 188 Å². The third kappa shape index (κ3) is 2.76. The van der Waals surface area contributed by atoms with Crippen LogP contribution in [0.2, 0.25) is 0 Å². The molecule has 6 rings (SSSR count). The van der Waals surface area contributed by atoms with Crippen molar-refractivity contribution < 1.29 is 0 Å². The zero-order valence-corrected chi connectivity index (χ0v) is 18.2. The van der Waals surface area contributed by atoms with Crippen LogP contribution in [0.3, 0.4) is 0 Å². The van der Waals surface area contributed by atoms with Gasteiger partial charge >= 0.3 is 0 Å². The quantitative estimate of drug-likeness (QED) is 0.333. The van der Waals surface area contributed by atoms with Crippen molar-refractivity contribution in [3.8, 4) is 17.1 Å². The maximum absolute atomic E-state index is 6.93. The molecule has 0 unspecified atom stereocenters. The van der Waals surface area contributed by atoms with E-state index in [1.165, 1.54) is 37.6 Å². The lowest BCUT2D eigenvalue weighted by Crippen LogP contribution is -2.15. The van der Waals surface area contributed by atoms with Gasteiger partial charge in [-0.05, 0) is 37.1 Å². The van der Waals surface area contributed by atoms with Crippen LogP contribution >= 0.6 is 0 Å². The minimum absolute atomic E-state index is 0.433. The fourth-order valence-electron chi connectivity index (χ4n) is 5.59. The zero-order valence-electron chi connectivity index (χ0n) is 18.2. The zero-order chi connectivity index (χ0) is 21.7. The number of aromatic nitrogens is 2. The average Bonchev–Trinajstić information content (AvgIpc) is 3.31. The standard InChI is InChI=1S/C28H28N4/c29-25-21-15-7-9-17-23(21)31(19-11-3-1-4-12-19)27(25)28-26(30)22-16-8-10-18-24(22)32(28)20-13-5-2-6-14-20/h1,3-4,7-12,15-18,20H,2,5-6,13-14,29-30H2. The number of hydrogen-bond donors (Lipinski definition) is 2. The van der Waals surface area contributed by atoms with E-state index in [0.29, 0.717) is 6.04 Å². The molecule has 2 aromatic heterocycles. The lowest BCUT2D eigenvalue weighted by atomic mass is 9.95. The van der Waals surface area contributed by atoms with Crippen LogP contribution in [0.25, 0.3) is 38.9 Å². The van der Waals surface area contributed by atoms with Crippen LogP contribution in [0.5, 0.6) is 0 Å². The highest BCUT2D eigenvalue weighted by Crippen LogP contribution is 2.47. The normalized spacial score (nSPS) is 15.0. The van der Waals surface area contributed by atoms with E-state index in [0.717, 1.165) is 44.7 Å². The summed E-state index contributed by atoms with van der Waals surface area (Å²) in [7, 11) is 0. The van der Waals surface area contributed by atoms with E-state index in [1.54, 1.807) is 0 Å². The number of fused-ring (bicyclic) bond motifs is 2. The highest BCUT2D eigenvalue weighted by Gasteiger charge is 2.28. The Morgan fingerprint density at radius 1 is 0.594 bits per heavy atom. The molecule has 0 amide bonds. The monoisotopic (exact) mass is 420 g/mol. The number of nitrogens with two attached hydrogens (primary N) is 2. The summed E-state index contributed by atoms with van der Waals surface area (Å²) in [5.41, 5.74) is 20.9. The van der Waals surface area contributed by atoms with E-state index in [-0.39, 0.29) is 0 Å². The first kappa shape index (κ1) is 19.1. The smallest absolute Gasteiger partial charge is 0.0960 e. The first-order valence-corrected chi connectivity index (χ1v) is 11.6. The molecule has 4 heteroatoms. The Bertz CT molecular complexity index is 1420. The number of nitrogens with zero attached hydrogens (tertiary/aromatic N) is 2. The molecule has 1 fully saturated rings. The predicted octanol–water partition coefficient (Wildman–Crippen LogP) is 6.92. The number of benzene rings is 3. The molecule has 0 spiro atoms. The molecular formula is C28H28N4. The van der Waals surface area contributed by atoms with Crippen molar-refractivity contribution in [1.29, 1.82) is 0 Å². The summed E-state index contributed by atoms with van der Waals surface area (Å²) in [6.07, 6.45) is 6.18. The Morgan fingerprint density at radius 3 is 1.88 bits per heavy atom. The molecule has 1 aliphatic carbocycles. The largest absolute Gasteiger partial charge is 0.396 e. The molecule has 4 nitrogen and oxygen atoms in total. The Kier molecular flexibility index (Phi) is 4.46. The van der Waals surface area contributed by atoms with Crippen molar-refractivity contribution in [2.24, 2.45) is 0 Å². The van der Waals surface area contributed by atoms with Crippen molar-refractivity contribution in [3.63, 3.8) is 0 Å². The van der Waals surface area contributed by atoms with E-state index in [4.69, 9.17) is 11.5 Å². The number of rotatable bonds is 3. The second-order valence-corrected chi connectivity index (χ2v) is 8.89. The summed E-state index contributed by atoms with van der Waals surface area (Å²) >= 11 is 0. The van der Waals surface area contributed by atoms with Gasteiger partial charge in [0.2, 0.25) is 0 Å². The highest BCUT2D eigenvalue weighted by molar-refractivity contribution is 6.08. The summed E-state index contributed by atoms with van der Waals surface area (Å²) in [4.78, 5) is 0. The average molecular weight is 421 g/mol. The first-order valence-electron chi connectivity index (χ1n) is 11.6. The second-order valence-electron chi connectivity index (χ2n) is 8.89. The van der Waals surface area contributed by atoms with Crippen LogP contribution in [0, 0.1) is 0 Å². The van der Waals surface area contributed by atoms with Crippen molar-refractivity contribution in [1.82, 2.24) is 9.13 Å². The Hall–Kier alpha value is -3.66. The van der Waals surface area contributed by atoms with Crippen LogP contribution in [0.4, 0.5) is 11.4 Å². The fraction of sp³-hybridized carbons (Fsp3) is 0.214. The van der Waals surface area contributed by atoms with Gasteiger partial charge in [-0.25, -0.2) is 0 Å². The molecule has 2 heterocycles. The maximum atomic E-state index is 6.93. The van der Waals surface area contributed by atoms with Gasteiger partial charge in [-0.3, -0.25) is 0 Å². The van der Waals surface area contributed by atoms with E-state index in [2.05, 4.69) is 81.9 Å². The van der Waals surface area contributed by atoms with Crippen molar-refractivity contribution in [2.75, 3.05) is 11.5 Å². The summed E-state index contributed by atoms with van der Waals surface area (Å²) in [5, 5.41) is 2.17. The molecule has 32 heavy (non-hydrogen) atoms. The van der Waals surface area contributed by atoms with Crippen molar-refractivity contribution in [3.05, 3.63) is 78.9 Å². The van der Waals surface area contributed by atoms with E-state index in [1.807, 2.05) is 6.07 Å². The predicted molar refractivity (Wildman–Crippen MR) is 135 cm³/mol. The lowest BCUT2D eigenvalue weighted by Gasteiger charge is -2.27. The molecule has 1 aliphatic rings. The summed E-state index contributed by atoms with van der Waals surface area (Å²) in [6.45, 7) is 0. The van der Waals surface area contributed by atoms with Gasteiger partial charge in [-0.2, -0.15) is 0 Å².